The van der Waals surface area contributed by atoms with Crippen LogP contribution in [0.3, 0.4) is 0 Å². The van der Waals surface area contributed by atoms with Gasteiger partial charge in [0.1, 0.15) is 6.10 Å². The van der Waals surface area contributed by atoms with Crippen LogP contribution >= 0.6 is 0 Å². The van der Waals surface area contributed by atoms with Crippen molar-refractivity contribution >= 4 is 0 Å². The lowest BCUT2D eigenvalue weighted by molar-refractivity contribution is -0.158. The van der Waals surface area contributed by atoms with Crippen LogP contribution in [0, 0.1) is 5.92 Å². The molecule has 1 aliphatic heterocycles. The first-order valence-corrected chi connectivity index (χ1v) is 5.67. The molecular formula is C13H22O3. The second kappa shape index (κ2) is 5.62. The van der Waals surface area contributed by atoms with Gasteiger partial charge < -0.3 is 14.2 Å². The zero-order valence-electron chi connectivity index (χ0n) is 10.4. The molecule has 0 aromatic carbocycles. The molecule has 3 heteroatoms. The molecule has 1 heterocycles. The molecule has 1 fully saturated rings. The average molecular weight is 226 g/mol. The third kappa shape index (κ3) is 3.44. The lowest BCUT2D eigenvalue weighted by atomic mass is 10.00. The molecule has 0 aromatic heterocycles. The molecular weight excluding hydrogens is 204 g/mol. The van der Waals surface area contributed by atoms with Crippen molar-refractivity contribution in [2.75, 3.05) is 13.2 Å². The molecule has 0 bridgehead atoms. The Morgan fingerprint density at radius 2 is 2.19 bits per heavy atom. The molecule has 0 N–H and O–H groups in total. The van der Waals surface area contributed by atoms with E-state index in [1.165, 1.54) is 0 Å². The van der Waals surface area contributed by atoms with Crippen molar-refractivity contribution in [3.63, 3.8) is 0 Å². The van der Waals surface area contributed by atoms with Gasteiger partial charge in [0.05, 0.1) is 19.3 Å². The Hall–Kier alpha value is -0.640. The second-order valence-corrected chi connectivity index (χ2v) is 4.55. The van der Waals surface area contributed by atoms with Gasteiger partial charge in [-0.25, -0.2) is 0 Å². The number of rotatable bonds is 6. The maximum Gasteiger partial charge on any atom is 0.163 e. The Kier molecular flexibility index (Phi) is 4.71. The normalized spacial score (nSPS) is 27.3. The molecule has 0 unspecified atom stereocenters. The van der Waals surface area contributed by atoms with Crippen LogP contribution in [0.4, 0.5) is 0 Å². The Bertz CT molecular complexity index is 248. The zero-order valence-corrected chi connectivity index (χ0v) is 10.4. The van der Waals surface area contributed by atoms with Crippen molar-refractivity contribution in [2.24, 2.45) is 5.92 Å². The van der Waals surface area contributed by atoms with E-state index in [2.05, 4.69) is 20.1 Å². The average Bonchev–Trinajstić information content (AvgIpc) is 2.59. The summed E-state index contributed by atoms with van der Waals surface area (Å²) in [4.78, 5) is 0. The first-order chi connectivity index (χ1) is 7.50. The van der Waals surface area contributed by atoms with Crippen LogP contribution in [-0.4, -0.2) is 31.2 Å². The van der Waals surface area contributed by atoms with Crippen molar-refractivity contribution in [3.8, 4) is 0 Å². The summed E-state index contributed by atoms with van der Waals surface area (Å²) in [5.41, 5.74) is 0. The van der Waals surface area contributed by atoms with E-state index < -0.39 is 5.79 Å². The maximum absolute atomic E-state index is 5.80. The van der Waals surface area contributed by atoms with Crippen LogP contribution in [0.15, 0.2) is 25.3 Å². The van der Waals surface area contributed by atoms with Crippen molar-refractivity contribution in [2.45, 2.75) is 38.8 Å². The van der Waals surface area contributed by atoms with Gasteiger partial charge in [0.25, 0.3) is 0 Å². The highest BCUT2D eigenvalue weighted by Crippen LogP contribution is 2.28. The van der Waals surface area contributed by atoms with Gasteiger partial charge in [0.2, 0.25) is 0 Å². The Morgan fingerprint density at radius 3 is 2.62 bits per heavy atom. The van der Waals surface area contributed by atoms with Gasteiger partial charge in [-0.15, -0.1) is 13.2 Å². The minimum absolute atomic E-state index is 0.0303. The highest BCUT2D eigenvalue weighted by atomic mass is 16.7. The van der Waals surface area contributed by atoms with Crippen molar-refractivity contribution in [3.05, 3.63) is 25.3 Å². The summed E-state index contributed by atoms with van der Waals surface area (Å²) in [5.74, 6) is -0.288. The van der Waals surface area contributed by atoms with Crippen molar-refractivity contribution in [1.29, 1.82) is 0 Å². The lowest BCUT2D eigenvalue weighted by Crippen LogP contribution is -2.37. The predicted octanol–water partition coefficient (Wildman–Crippen LogP) is 2.53. The first-order valence-electron chi connectivity index (χ1n) is 5.67. The second-order valence-electron chi connectivity index (χ2n) is 4.55. The molecule has 1 saturated heterocycles. The van der Waals surface area contributed by atoms with E-state index in [1.807, 2.05) is 19.9 Å². The van der Waals surface area contributed by atoms with Crippen LogP contribution in [0.25, 0.3) is 0 Å². The number of ether oxygens (including phenoxy) is 3. The van der Waals surface area contributed by atoms with Crippen molar-refractivity contribution in [1.82, 2.24) is 0 Å². The Labute approximate surface area is 98.1 Å². The predicted molar refractivity (Wildman–Crippen MR) is 64.2 cm³/mol. The largest absolute Gasteiger partial charge is 0.371 e. The highest BCUT2D eigenvalue weighted by molar-refractivity contribution is 4.90. The summed E-state index contributed by atoms with van der Waals surface area (Å²) in [6.07, 6.45) is 3.55. The van der Waals surface area contributed by atoms with Gasteiger partial charge in [-0.2, -0.15) is 0 Å². The van der Waals surface area contributed by atoms with Crippen LogP contribution in [0.1, 0.15) is 20.8 Å². The molecule has 16 heavy (non-hydrogen) atoms. The molecule has 3 atom stereocenters. The fraction of sp³-hybridized carbons (Fsp3) is 0.692. The van der Waals surface area contributed by atoms with Crippen LogP contribution < -0.4 is 0 Å². The third-order valence-corrected chi connectivity index (χ3v) is 2.69. The van der Waals surface area contributed by atoms with E-state index in [1.54, 1.807) is 6.08 Å². The molecule has 92 valence electrons. The summed E-state index contributed by atoms with van der Waals surface area (Å²) in [7, 11) is 0. The van der Waals surface area contributed by atoms with Gasteiger partial charge in [-0.3, -0.25) is 0 Å². The fourth-order valence-electron chi connectivity index (χ4n) is 1.79. The number of hydrogen-bond donors (Lipinski definition) is 0. The minimum Gasteiger partial charge on any atom is -0.371 e. The molecule has 0 radical (unpaired) electrons. The maximum atomic E-state index is 5.80. The van der Waals surface area contributed by atoms with Crippen LogP contribution in [0.2, 0.25) is 0 Å². The summed E-state index contributed by atoms with van der Waals surface area (Å²) in [5, 5.41) is 0. The van der Waals surface area contributed by atoms with E-state index in [9.17, 15) is 0 Å². The quantitative estimate of drug-likeness (QED) is 0.651. The van der Waals surface area contributed by atoms with E-state index in [0.29, 0.717) is 13.2 Å². The minimum atomic E-state index is -0.513. The molecule has 0 amide bonds. The highest BCUT2D eigenvalue weighted by Gasteiger charge is 2.39. The third-order valence-electron chi connectivity index (χ3n) is 2.69. The van der Waals surface area contributed by atoms with Crippen LogP contribution in [0.5, 0.6) is 0 Å². The summed E-state index contributed by atoms with van der Waals surface area (Å²) >= 11 is 0. The molecule has 0 spiro atoms. The summed E-state index contributed by atoms with van der Waals surface area (Å²) in [6, 6.07) is 0. The summed E-state index contributed by atoms with van der Waals surface area (Å²) in [6.45, 7) is 14.4. The number of hydrogen-bond acceptors (Lipinski definition) is 3. The molecule has 0 aliphatic carbocycles. The molecule has 3 nitrogen and oxygen atoms in total. The van der Waals surface area contributed by atoms with Gasteiger partial charge >= 0.3 is 0 Å². The first kappa shape index (κ1) is 13.4. The van der Waals surface area contributed by atoms with Gasteiger partial charge in [-0.05, 0) is 13.8 Å². The molecule has 1 aliphatic rings. The molecule has 1 rings (SSSR count). The topological polar surface area (TPSA) is 27.7 Å². The zero-order chi connectivity index (χ0) is 12.2. The standard InChI is InChI=1S/C13H22O3/c1-6-8-14-12(10(3)7-2)11-9-15-13(4,5)16-11/h6-7,10-12H,1-2,8-9H2,3-5H3/t10-,11-,12-/m1/s1. The van der Waals surface area contributed by atoms with Gasteiger partial charge in [0, 0.05) is 5.92 Å². The molecule has 0 saturated carbocycles. The summed E-state index contributed by atoms with van der Waals surface area (Å²) < 4.78 is 17.1. The van der Waals surface area contributed by atoms with E-state index >= 15 is 0 Å². The van der Waals surface area contributed by atoms with E-state index in [4.69, 9.17) is 14.2 Å². The molecule has 0 aromatic rings. The van der Waals surface area contributed by atoms with Gasteiger partial charge in [0.15, 0.2) is 5.79 Å². The lowest BCUT2D eigenvalue weighted by Gasteiger charge is -2.27. The Balaban J connectivity index is 2.62. The smallest absolute Gasteiger partial charge is 0.163 e. The SMILES string of the molecule is C=CCO[C@H]([C@H](C)C=C)[C@H]1COC(C)(C)O1. The van der Waals surface area contributed by atoms with Gasteiger partial charge in [-0.1, -0.05) is 19.1 Å². The van der Waals surface area contributed by atoms with Crippen molar-refractivity contribution < 1.29 is 14.2 Å². The Morgan fingerprint density at radius 1 is 1.50 bits per heavy atom. The fourth-order valence-corrected chi connectivity index (χ4v) is 1.79. The van der Waals surface area contributed by atoms with Crippen LogP contribution in [-0.2, 0) is 14.2 Å². The monoisotopic (exact) mass is 226 g/mol. The van der Waals surface area contributed by atoms with E-state index in [-0.39, 0.29) is 18.1 Å². The van der Waals surface area contributed by atoms with E-state index in [0.717, 1.165) is 0 Å².